The lowest BCUT2D eigenvalue weighted by atomic mass is 10.3. The Morgan fingerprint density at radius 1 is 1.57 bits per heavy atom. The minimum atomic E-state index is 0.591. The number of thiazole rings is 1. The van der Waals surface area contributed by atoms with E-state index in [4.69, 9.17) is 11.6 Å². The molecule has 0 aliphatic carbocycles. The van der Waals surface area contributed by atoms with Crippen molar-refractivity contribution < 1.29 is 0 Å². The lowest BCUT2D eigenvalue weighted by molar-refractivity contribution is 0.365. The number of hydrogen-bond acceptors (Lipinski definition) is 3. The summed E-state index contributed by atoms with van der Waals surface area (Å²) in [5.41, 5.74) is 3.04. The SMILES string of the molecule is Cc1ncsc1CN(C)CC=CCCl. The summed E-state index contributed by atoms with van der Waals surface area (Å²) in [7, 11) is 2.09. The lowest BCUT2D eigenvalue weighted by Gasteiger charge is -2.12. The van der Waals surface area contributed by atoms with Crippen LogP contribution in [0.4, 0.5) is 0 Å². The summed E-state index contributed by atoms with van der Waals surface area (Å²) >= 11 is 7.25. The van der Waals surface area contributed by atoms with Gasteiger partial charge in [-0.05, 0) is 14.0 Å². The van der Waals surface area contributed by atoms with Gasteiger partial charge in [-0.1, -0.05) is 12.2 Å². The van der Waals surface area contributed by atoms with E-state index in [1.165, 1.54) is 4.88 Å². The maximum Gasteiger partial charge on any atom is 0.0798 e. The number of rotatable bonds is 5. The Morgan fingerprint density at radius 3 is 2.93 bits per heavy atom. The molecule has 14 heavy (non-hydrogen) atoms. The highest BCUT2D eigenvalue weighted by atomic mass is 35.5. The zero-order chi connectivity index (χ0) is 10.4. The number of halogens is 1. The molecule has 1 aromatic heterocycles. The third kappa shape index (κ3) is 3.78. The van der Waals surface area contributed by atoms with E-state index in [1.54, 1.807) is 11.3 Å². The van der Waals surface area contributed by atoms with Gasteiger partial charge in [-0.2, -0.15) is 0 Å². The molecule has 0 aliphatic rings. The monoisotopic (exact) mass is 230 g/mol. The van der Waals surface area contributed by atoms with Crippen LogP contribution in [0.3, 0.4) is 0 Å². The maximum absolute atomic E-state index is 5.54. The van der Waals surface area contributed by atoms with Crippen LogP contribution in [0.1, 0.15) is 10.6 Å². The van der Waals surface area contributed by atoms with Crippen molar-refractivity contribution in [3.8, 4) is 0 Å². The first-order chi connectivity index (χ1) is 6.74. The van der Waals surface area contributed by atoms with Crippen molar-refractivity contribution in [3.63, 3.8) is 0 Å². The molecule has 2 nitrogen and oxygen atoms in total. The molecule has 1 rings (SSSR count). The highest BCUT2D eigenvalue weighted by molar-refractivity contribution is 7.09. The molecule has 1 heterocycles. The van der Waals surface area contributed by atoms with Crippen LogP contribution >= 0.6 is 22.9 Å². The standard InChI is InChI=1S/C10H15ClN2S/c1-9-10(14-8-12-9)7-13(2)6-4-3-5-11/h3-4,8H,5-7H2,1-2H3. The quantitative estimate of drug-likeness (QED) is 0.571. The molecule has 78 valence electrons. The van der Waals surface area contributed by atoms with Crippen LogP contribution in [0.2, 0.25) is 0 Å². The first kappa shape index (κ1) is 11.7. The van der Waals surface area contributed by atoms with Gasteiger partial charge in [0, 0.05) is 23.8 Å². The van der Waals surface area contributed by atoms with Crippen molar-refractivity contribution in [2.45, 2.75) is 13.5 Å². The maximum atomic E-state index is 5.54. The van der Waals surface area contributed by atoms with Gasteiger partial charge >= 0.3 is 0 Å². The van der Waals surface area contributed by atoms with E-state index in [0.29, 0.717) is 5.88 Å². The minimum Gasteiger partial charge on any atom is -0.298 e. The predicted octanol–water partition coefficient (Wildman–Crippen LogP) is 2.68. The van der Waals surface area contributed by atoms with E-state index in [0.717, 1.165) is 18.8 Å². The fraction of sp³-hybridized carbons (Fsp3) is 0.500. The molecule has 0 saturated heterocycles. The first-order valence-corrected chi connectivity index (χ1v) is 5.94. The fourth-order valence-corrected chi connectivity index (χ4v) is 2.09. The molecule has 0 atom stereocenters. The summed E-state index contributed by atoms with van der Waals surface area (Å²) in [6.45, 7) is 3.95. The lowest BCUT2D eigenvalue weighted by Crippen LogP contribution is -2.17. The summed E-state index contributed by atoms with van der Waals surface area (Å²) in [5.74, 6) is 0.591. The summed E-state index contributed by atoms with van der Waals surface area (Å²) in [6, 6.07) is 0. The molecule has 0 aliphatic heterocycles. The Hall–Kier alpha value is -0.380. The molecule has 0 saturated carbocycles. The van der Waals surface area contributed by atoms with Crippen molar-refractivity contribution in [2.75, 3.05) is 19.5 Å². The smallest absolute Gasteiger partial charge is 0.0798 e. The molecule has 0 unspecified atom stereocenters. The van der Waals surface area contributed by atoms with Gasteiger partial charge in [-0.3, -0.25) is 4.90 Å². The van der Waals surface area contributed by atoms with E-state index in [-0.39, 0.29) is 0 Å². The number of likely N-dealkylation sites (N-methyl/N-ethyl adjacent to an activating group) is 1. The Kier molecular flexibility index (Phi) is 5.15. The summed E-state index contributed by atoms with van der Waals surface area (Å²) in [6.07, 6.45) is 4.06. The van der Waals surface area contributed by atoms with Gasteiger partial charge in [0.2, 0.25) is 0 Å². The average Bonchev–Trinajstić information content (AvgIpc) is 2.52. The molecule has 0 spiro atoms. The molecule has 0 radical (unpaired) electrons. The van der Waals surface area contributed by atoms with Crippen LogP contribution in [0.25, 0.3) is 0 Å². The van der Waals surface area contributed by atoms with Gasteiger partial charge in [0.1, 0.15) is 0 Å². The van der Waals surface area contributed by atoms with E-state index in [9.17, 15) is 0 Å². The van der Waals surface area contributed by atoms with Crippen LogP contribution in [0.15, 0.2) is 17.7 Å². The topological polar surface area (TPSA) is 16.1 Å². The third-order valence-corrected chi connectivity index (χ3v) is 3.03. The van der Waals surface area contributed by atoms with Gasteiger partial charge < -0.3 is 0 Å². The number of hydrogen-bond donors (Lipinski definition) is 0. The summed E-state index contributed by atoms with van der Waals surface area (Å²) in [5, 5.41) is 0. The Bertz CT molecular complexity index is 296. The average molecular weight is 231 g/mol. The minimum absolute atomic E-state index is 0.591. The Labute approximate surface area is 94.2 Å². The van der Waals surface area contributed by atoms with Gasteiger partial charge in [0.05, 0.1) is 11.2 Å². The number of allylic oxidation sites excluding steroid dienone is 1. The zero-order valence-electron chi connectivity index (χ0n) is 8.53. The van der Waals surface area contributed by atoms with E-state index < -0.39 is 0 Å². The molecule has 0 amide bonds. The summed E-state index contributed by atoms with van der Waals surface area (Å²) in [4.78, 5) is 7.80. The van der Waals surface area contributed by atoms with E-state index in [2.05, 4.69) is 23.0 Å². The second-order valence-corrected chi connectivity index (χ2v) is 4.43. The van der Waals surface area contributed by atoms with Crippen molar-refractivity contribution >= 4 is 22.9 Å². The van der Waals surface area contributed by atoms with Crippen molar-refractivity contribution in [1.29, 1.82) is 0 Å². The number of aryl methyl sites for hydroxylation is 1. The molecule has 0 fully saturated rings. The van der Waals surface area contributed by atoms with Gasteiger partial charge in [-0.25, -0.2) is 4.98 Å². The normalized spacial score (nSPS) is 11.7. The van der Waals surface area contributed by atoms with Crippen LogP contribution < -0.4 is 0 Å². The Balaban J connectivity index is 2.37. The first-order valence-electron chi connectivity index (χ1n) is 4.52. The summed E-state index contributed by atoms with van der Waals surface area (Å²) < 4.78 is 0. The molecule has 4 heteroatoms. The highest BCUT2D eigenvalue weighted by Crippen LogP contribution is 2.13. The molecule has 1 aromatic rings. The predicted molar refractivity (Wildman–Crippen MR) is 63.0 cm³/mol. The molecule has 0 N–H and O–H groups in total. The number of aromatic nitrogens is 1. The fourth-order valence-electron chi connectivity index (χ4n) is 1.11. The second-order valence-electron chi connectivity index (χ2n) is 3.18. The van der Waals surface area contributed by atoms with Crippen LogP contribution in [0, 0.1) is 6.92 Å². The van der Waals surface area contributed by atoms with Gasteiger partial charge in [0.15, 0.2) is 0 Å². The van der Waals surface area contributed by atoms with E-state index in [1.807, 2.05) is 18.5 Å². The van der Waals surface area contributed by atoms with Crippen LogP contribution in [-0.2, 0) is 6.54 Å². The number of nitrogens with zero attached hydrogens (tertiary/aromatic N) is 2. The zero-order valence-corrected chi connectivity index (χ0v) is 10.1. The second kappa shape index (κ2) is 6.17. The highest BCUT2D eigenvalue weighted by Gasteiger charge is 2.03. The molecular weight excluding hydrogens is 216 g/mol. The van der Waals surface area contributed by atoms with E-state index >= 15 is 0 Å². The Morgan fingerprint density at radius 2 is 2.36 bits per heavy atom. The third-order valence-electron chi connectivity index (χ3n) is 1.93. The molecule has 0 aromatic carbocycles. The molecular formula is C10H15ClN2S. The van der Waals surface area contributed by atoms with Gasteiger partial charge in [0.25, 0.3) is 0 Å². The van der Waals surface area contributed by atoms with Crippen LogP contribution in [-0.4, -0.2) is 29.4 Å². The van der Waals surface area contributed by atoms with Gasteiger partial charge in [-0.15, -0.1) is 22.9 Å². The van der Waals surface area contributed by atoms with Crippen molar-refractivity contribution in [1.82, 2.24) is 9.88 Å². The molecule has 0 bridgehead atoms. The van der Waals surface area contributed by atoms with Crippen molar-refractivity contribution in [3.05, 3.63) is 28.2 Å². The van der Waals surface area contributed by atoms with Crippen molar-refractivity contribution in [2.24, 2.45) is 0 Å². The number of alkyl halides is 1. The van der Waals surface area contributed by atoms with Crippen LogP contribution in [0.5, 0.6) is 0 Å². The largest absolute Gasteiger partial charge is 0.298 e.